The summed E-state index contributed by atoms with van der Waals surface area (Å²) in [7, 11) is 0. The lowest BCUT2D eigenvalue weighted by molar-refractivity contribution is 0.889. The van der Waals surface area contributed by atoms with E-state index in [0.29, 0.717) is 0 Å². The van der Waals surface area contributed by atoms with Crippen LogP contribution in [0.15, 0.2) is 176 Å². The first kappa shape index (κ1) is 38.3. The van der Waals surface area contributed by atoms with Crippen LogP contribution in [-0.4, -0.2) is 4.57 Å². The summed E-state index contributed by atoms with van der Waals surface area (Å²) in [6, 6.07) is 61.0. The monoisotopic (exact) mass is 785 g/mol. The Balaban J connectivity index is 0.00000220. The van der Waals surface area contributed by atoms with Gasteiger partial charge in [0.1, 0.15) is 0 Å². The van der Waals surface area contributed by atoms with E-state index in [1.165, 1.54) is 117 Å². The predicted molar refractivity (Wildman–Crippen MR) is 263 cm³/mol. The van der Waals surface area contributed by atoms with Crippen LogP contribution in [0.2, 0.25) is 0 Å². The molecule has 11 rings (SSSR count). The average molecular weight is 786 g/mol. The topological polar surface area (TPSA) is 4.93 Å². The van der Waals surface area contributed by atoms with Gasteiger partial charge in [0.15, 0.2) is 0 Å². The van der Waals surface area contributed by atoms with Crippen molar-refractivity contribution in [3.05, 3.63) is 209 Å². The van der Waals surface area contributed by atoms with Gasteiger partial charge in [-0.05, 0) is 152 Å². The number of hydrogen-bond acceptors (Lipinski definition) is 0. The molecule has 0 saturated carbocycles. The maximum Gasteiger partial charge on any atom is 0.0543 e. The van der Waals surface area contributed by atoms with E-state index in [1.807, 2.05) is 13.8 Å². The number of rotatable bonds is 6. The molecule has 0 N–H and O–H groups in total. The largest absolute Gasteiger partial charge is 0.313 e. The van der Waals surface area contributed by atoms with Crippen LogP contribution in [-0.2, 0) is 12.8 Å². The Kier molecular flexibility index (Phi) is 10.2. The van der Waals surface area contributed by atoms with Crippen molar-refractivity contribution in [3.8, 4) is 61.3 Å². The molecule has 1 aromatic heterocycles. The first-order valence-corrected chi connectivity index (χ1v) is 22.1. The molecule has 0 fully saturated rings. The van der Waals surface area contributed by atoms with E-state index in [-0.39, 0.29) is 0 Å². The SMILES string of the molecule is CC.Cc1ccccc1-c1cccc(-c2cccc(-c3ccc4c5c(n(-c6ccc(-c7c8c(c(-c9ccccc9)c9ccccc79)CCC=C8)cc6)c4c3)CCC=C5)c2)c1C. The van der Waals surface area contributed by atoms with Crippen LogP contribution < -0.4 is 0 Å². The van der Waals surface area contributed by atoms with Gasteiger partial charge in [0.2, 0.25) is 0 Å². The number of fused-ring (bicyclic) bond motifs is 5. The molecular weight excluding hydrogens is 735 g/mol. The van der Waals surface area contributed by atoms with Crippen molar-refractivity contribution < 1.29 is 0 Å². The average Bonchev–Trinajstić information content (AvgIpc) is 3.66. The van der Waals surface area contributed by atoms with Gasteiger partial charge in [-0.25, -0.2) is 0 Å². The smallest absolute Gasteiger partial charge is 0.0543 e. The van der Waals surface area contributed by atoms with Gasteiger partial charge < -0.3 is 4.57 Å². The van der Waals surface area contributed by atoms with E-state index in [2.05, 4.69) is 207 Å². The molecule has 1 heterocycles. The van der Waals surface area contributed by atoms with Gasteiger partial charge in [0.05, 0.1) is 5.52 Å². The zero-order valence-corrected chi connectivity index (χ0v) is 35.7. The fourth-order valence-electron chi connectivity index (χ4n) is 10.1. The molecule has 9 aromatic rings. The summed E-state index contributed by atoms with van der Waals surface area (Å²) in [6.07, 6.45) is 13.6. The third kappa shape index (κ3) is 6.66. The minimum absolute atomic E-state index is 1.02. The van der Waals surface area contributed by atoms with Gasteiger partial charge in [0, 0.05) is 22.3 Å². The number of allylic oxidation sites excluding steroid dienone is 2. The summed E-state index contributed by atoms with van der Waals surface area (Å²) in [5.74, 6) is 0. The highest BCUT2D eigenvalue weighted by Gasteiger charge is 2.23. The van der Waals surface area contributed by atoms with Crippen LogP contribution in [0.25, 0.3) is 95.1 Å². The highest BCUT2D eigenvalue weighted by molar-refractivity contribution is 6.10. The third-order valence-corrected chi connectivity index (χ3v) is 12.9. The van der Waals surface area contributed by atoms with Gasteiger partial charge >= 0.3 is 0 Å². The van der Waals surface area contributed by atoms with E-state index in [4.69, 9.17) is 0 Å². The second-order valence-electron chi connectivity index (χ2n) is 16.3. The lowest BCUT2D eigenvalue weighted by Gasteiger charge is -2.24. The molecule has 1 heteroatoms. The van der Waals surface area contributed by atoms with Crippen LogP contribution >= 0.6 is 0 Å². The fourth-order valence-corrected chi connectivity index (χ4v) is 10.1. The lowest BCUT2D eigenvalue weighted by atomic mass is 9.80. The van der Waals surface area contributed by atoms with Crippen molar-refractivity contribution in [1.82, 2.24) is 4.57 Å². The number of aryl methyl sites for hydroxylation is 1. The summed E-state index contributed by atoms with van der Waals surface area (Å²) in [4.78, 5) is 0. The summed E-state index contributed by atoms with van der Waals surface area (Å²) in [6.45, 7) is 8.46. The zero-order valence-electron chi connectivity index (χ0n) is 35.7. The van der Waals surface area contributed by atoms with Crippen molar-refractivity contribution in [3.63, 3.8) is 0 Å². The minimum atomic E-state index is 1.02. The van der Waals surface area contributed by atoms with Crippen molar-refractivity contribution >= 4 is 33.8 Å². The molecule has 0 spiro atoms. The molecule has 0 amide bonds. The van der Waals surface area contributed by atoms with E-state index in [1.54, 1.807) is 0 Å². The second-order valence-corrected chi connectivity index (χ2v) is 16.3. The Hall–Kier alpha value is -6.96. The number of nitrogens with zero attached hydrogens (tertiary/aromatic N) is 1. The quantitative estimate of drug-likeness (QED) is 0.158. The maximum absolute atomic E-state index is 2.53. The normalized spacial score (nSPS) is 12.9. The standard InChI is InChI=1S/C58H45N.C2H6/c1-38-16-6-7-21-46(38)48-28-15-27-47(39(48)2)44-20-14-19-42(36-44)43-32-35-50-49-22-12-13-29-55(49)59(56(50)37-43)45-33-30-41(31-34-45)58-53-25-10-8-23-51(53)57(40-17-4-3-5-18-40)52-24-9-11-26-54(52)58;1-2/h3-8,10-12,14-23,25-28,30-37H,9,13,24,29H2,1-2H3;1-2H3. The Bertz CT molecular complexity index is 3150. The summed E-state index contributed by atoms with van der Waals surface area (Å²) in [5.41, 5.74) is 23.5. The Morgan fingerprint density at radius 3 is 1.82 bits per heavy atom. The molecule has 0 atom stereocenters. The highest BCUT2D eigenvalue weighted by atomic mass is 15.0. The first-order chi connectivity index (χ1) is 30.1. The Labute approximate surface area is 361 Å². The molecular formula is C60H51N. The molecule has 0 bridgehead atoms. The molecule has 2 aliphatic carbocycles. The Morgan fingerprint density at radius 1 is 0.426 bits per heavy atom. The van der Waals surface area contributed by atoms with E-state index in [9.17, 15) is 0 Å². The number of benzene rings is 8. The van der Waals surface area contributed by atoms with Crippen LogP contribution in [0.4, 0.5) is 0 Å². The van der Waals surface area contributed by atoms with E-state index >= 15 is 0 Å². The molecule has 0 radical (unpaired) electrons. The molecule has 0 unspecified atom stereocenters. The van der Waals surface area contributed by atoms with Crippen LogP contribution in [0.1, 0.15) is 60.2 Å². The van der Waals surface area contributed by atoms with E-state index < -0.39 is 0 Å². The molecule has 61 heavy (non-hydrogen) atoms. The molecule has 296 valence electrons. The van der Waals surface area contributed by atoms with E-state index in [0.717, 1.165) is 25.7 Å². The van der Waals surface area contributed by atoms with Crippen LogP contribution in [0.3, 0.4) is 0 Å². The first-order valence-electron chi connectivity index (χ1n) is 22.1. The van der Waals surface area contributed by atoms with Crippen molar-refractivity contribution in [2.75, 3.05) is 0 Å². The molecule has 2 aliphatic rings. The van der Waals surface area contributed by atoms with Gasteiger partial charge in [-0.3, -0.25) is 0 Å². The van der Waals surface area contributed by atoms with Gasteiger partial charge in [-0.15, -0.1) is 0 Å². The molecule has 8 aromatic carbocycles. The fraction of sp³-hybridized carbons (Fsp3) is 0.133. The van der Waals surface area contributed by atoms with Crippen molar-refractivity contribution in [2.45, 2.75) is 53.4 Å². The summed E-state index contributed by atoms with van der Waals surface area (Å²) in [5, 5.41) is 3.94. The molecule has 1 nitrogen and oxygen atoms in total. The van der Waals surface area contributed by atoms with Gasteiger partial charge in [-0.2, -0.15) is 0 Å². The summed E-state index contributed by atoms with van der Waals surface area (Å²) < 4.78 is 2.53. The highest BCUT2D eigenvalue weighted by Crippen LogP contribution is 2.45. The number of hydrogen-bond donors (Lipinski definition) is 0. The summed E-state index contributed by atoms with van der Waals surface area (Å²) >= 11 is 0. The Morgan fingerprint density at radius 2 is 1.02 bits per heavy atom. The molecule has 0 aliphatic heterocycles. The molecule has 0 saturated heterocycles. The predicted octanol–water partition coefficient (Wildman–Crippen LogP) is 16.7. The second kappa shape index (κ2) is 16.2. The van der Waals surface area contributed by atoms with Gasteiger partial charge in [0.25, 0.3) is 0 Å². The minimum Gasteiger partial charge on any atom is -0.313 e. The van der Waals surface area contributed by atoms with Crippen molar-refractivity contribution in [2.24, 2.45) is 0 Å². The zero-order chi connectivity index (χ0) is 41.5. The number of aromatic nitrogens is 1. The maximum atomic E-state index is 2.53. The lowest BCUT2D eigenvalue weighted by Crippen LogP contribution is -2.04. The van der Waals surface area contributed by atoms with Crippen molar-refractivity contribution in [1.29, 1.82) is 0 Å². The third-order valence-electron chi connectivity index (χ3n) is 12.9. The van der Waals surface area contributed by atoms with Crippen LogP contribution in [0, 0.1) is 13.8 Å². The van der Waals surface area contributed by atoms with Gasteiger partial charge in [-0.1, -0.05) is 178 Å². The van der Waals surface area contributed by atoms with Crippen LogP contribution in [0.5, 0.6) is 0 Å².